The third-order valence-corrected chi connectivity index (χ3v) is 10.9. The maximum Gasteiger partial charge on any atom is 0.310 e. The number of methoxy groups -OCH3 is 3. The Kier molecular flexibility index (Phi) is 7.34. The van der Waals surface area contributed by atoms with Crippen LogP contribution in [0.5, 0.6) is 28.7 Å². The molecule has 15 heteroatoms. The summed E-state index contributed by atoms with van der Waals surface area (Å²) in [5.41, 5.74) is 2.18. The van der Waals surface area contributed by atoms with Crippen molar-refractivity contribution < 1.29 is 46.4 Å². The Balaban J connectivity index is 1.51. The number of esters is 1. The number of aryl methyl sites for hydroxylation is 1. The zero-order valence-electron chi connectivity index (χ0n) is 23.9. The lowest BCUT2D eigenvalue weighted by Crippen LogP contribution is -2.42. The highest BCUT2D eigenvalue weighted by atomic mass is 32.2. The van der Waals surface area contributed by atoms with E-state index in [2.05, 4.69) is 15.0 Å². The number of amides is 1. The number of benzene rings is 2. The van der Waals surface area contributed by atoms with Crippen LogP contribution in [0.2, 0.25) is 0 Å². The molecule has 1 saturated heterocycles. The van der Waals surface area contributed by atoms with E-state index in [0.29, 0.717) is 45.4 Å². The Morgan fingerprint density at radius 1 is 1.00 bits per heavy atom. The summed E-state index contributed by atoms with van der Waals surface area (Å²) in [6.07, 6.45) is 0. The molecule has 1 aliphatic carbocycles. The number of sulfonamides is 1. The Bertz CT molecular complexity index is 1710. The van der Waals surface area contributed by atoms with Crippen molar-refractivity contribution in [2.75, 3.05) is 40.0 Å². The van der Waals surface area contributed by atoms with E-state index in [1.807, 2.05) is 0 Å². The highest BCUT2D eigenvalue weighted by molar-refractivity contribution is 7.91. The second-order valence-electron chi connectivity index (χ2n) is 10.3. The third-order valence-electron chi connectivity index (χ3n) is 7.80. The highest BCUT2D eigenvalue weighted by Gasteiger charge is 2.53. The molecule has 0 spiro atoms. The predicted molar refractivity (Wildman–Crippen MR) is 153 cm³/mol. The molecule has 228 valence electrons. The average molecular weight is 632 g/mol. The van der Waals surface area contributed by atoms with Crippen molar-refractivity contribution in [1.82, 2.24) is 9.71 Å². The van der Waals surface area contributed by atoms with Gasteiger partial charge in [-0.25, -0.2) is 18.1 Å². The number of thiazole rings is 1. The van der Waals surface area contributed by atoms with Crippen molar-refractivity contribution in [1.29, 1.82) is 0 Å². The van der Waals surface area contributed by atoms with E-state index in [0.717, 1.165) is 11.3 Å². The topological polar surface area (TPSA) is 161 Å². The number of ether oxygens (including phenoxy) is 6. The van der Waals surface area contributed by atoms with Crippen molar-refractivity contribution in [3.8, 4) is 28.7 Å². The summed E-state index contributed by atoms with van der Waals surface area (Å²) < 4.78 is 64.1. The van der Waals surface area contributed by atoms with Gasteiger partial charge in [-0.3, -0.25) is 9.59 Å². The van der Waals surface area contributed by atoms with Gasteiger partial charge in [-0.05, 0) is 47.9 Å². The van der Waals surface area contributed by atoms with Gasteiger partial charge in [0.2, 0.25) is 18.4 Å². The number of aromatic nitrogens is 1. The van der Waals surface area contributed by atoms with Crippen LogP contribution in [0.1, 0.15) is 41.3 Å². The minimum atomic E-state index is -4.17. The predicted octanol–water partition coefficient (Wildman–Crippen LogP) is 3.12. The van der Waals surface area contributed by atoms with Gasteiger partial charge in [-0.15, -0.1) is 0 Å². The number of nitrogens with zero attached hydrogens (tertiary/aromatic N) is 1. The van der Waals surface area contributed by atoms with Crippen LogP contribution in [0.4, 0.5) is 5.13 Å². The average Bonchev–Trinajstić information content (AvgIpc) is 3.69. The molecule has 0 unspecified atom stereocenters. The summed E-state index contributed by atoms with van der Waals surface area (Å²) in [6.45, 7) is 2.86. The standard InChI is InChI=1S/C28H29N3O10S2/c1-12-27(42-28(29-12)30-13(2)32)43(34,35)31-24-16-9-19-18(40-11-41-19)8-15(16)22(23-17(24)10-39-26(23)33)14-6-20(36-3)25(38-5)21(7-14)37-4/h6-9,17,22-24,31H,10-11H2,1-5H3,(H,29,30,32)/t17-,22+,23-,24+/m0/s1. The minimum absolute atomic E-state index is 0.00432. The number of carbonyl (C=O) groups is 2. The summed E-state index contributed by atoms with van der Waals surface area (Å²) in [5.74, 6) is -0.619. The first-order chi connectivity index (χ1) is 20.6. The SMILES string of the molecule is COc1cc([C@@H]2c3cc4c(cc3[C@@H](NS(=O)(=O)c3sc(NC(C)=O)nc3C)[C@H]3COC(=O)[C@H]23)OCO4)cc(OC)c1OC. The molecule has 2 N–H and O–H groups in total. The summed E-state index contributed by atoms with van der Waals surface area (Å²) in [4.78, 5) is 29.2. The normalized spacial score (nSPS) is 21.9. The number of nitrogens with one attached hydrogen (secondary N) is 2. The van der Waals surface area contributed by atoms with Crippen LogP contribution in [0.25, 0.3) is 0 Å². The first-order valence-corrected chi connectivity index (χ1v) is 15.5. The van der Waals surface area contributed by atoms with Crippen molar-refractivity contribution >= 4 is 38.4 Å². The Hall–Kier alpha value is -4.08. The number of hydrogen-bond acceptors (Lipinski definition) is 12. The van der Waals surface area contributed by atoms with E-state index in [1.165, 1.54) is 28.3 Å². The second kappa shape index (κ2) is 10.9. The number of cyclic esters (lactones) is 1. The fourth-order valence-electron chi connectivity index (χ4n) is 6.05. The molecule has 0 saturated carbocycles. The first kappa shape index (κ1) is 29.0. The molecule has 2 aromatic carbocycles. The number of rotatable bonds is 8. The van der Waals surface area contributed by atoms with Crippen molar-refractivity contribution in [2.45, 2.75) is 30.0 Å². The van der Waals surface area contributed by atoms with Gasteiger partial charge in [0.1, 0.15) is 0 Å². The van der Waals surface area contributed by atoms with Gasteiger partial charge in [0.25, 0.3) is 10.0 Å². The molecule has 1 amide bonds. The molecule has 2 aliphatic heterocycles. The van der Waals surface area contributed by atoms with Crippen LogP contribution >= 0.6 is 11.3 Å². The molecule has 0 radical (unpaired) electrons. The van der Waals surface area contributed by atoms with Gasteiger partial charge >= 0.3 is 5.97 Å². The van der Waals surface area contributed by atoms with E-state index in [9.17, 15) is 18.0 Å². The van der Waals surface area contributed by atoms with Gasteiger partial charge < -0.3 is 33.7 Å². The highest BCUT2D eigenvalue weighted by Crippen LogP contribution is 2.56. The van der Waals surface area contributed by atoms with Crippen LogP contribution in [0.15, 0.2) is 28.5 Å². The van der Waals surface area contributed by atoms with Crippen molar-refractivity contribution in [2.24, 2.45) is 11.8 Å². The smallest absolute Gasteiger partial charge is 0.310 e. The van der Waals surface area contributed by atoms with Crippen LogP contribution in [0, 0.1) is 18.8 Å². The summed E-state index contributed by atoms with van der Waals surface area (Å²) in [5, 5.41) is 2.70. The van der Waals surface area contributed by atoms with Crippen LogP contribution in [0.3, 0.4) is 0 Å². The fraction of sp³-hybridized carbons (Fsp3) is 0.393. The van der Waals surface area contributed by atoms with Gasteiger partial charge in [0.15, 0.2) is 32.3 Å². The number of fused-ring (bicyclic) bond motifs is 3. The van der Waals surface area contributed by atoms with E-state index in [1.54, 1.807) is 31.2 Å². The minimum Gasteiger partial charge on any atom is -0.493 e. The number of anilines is 1. The van der Waals surface area contributed by atoms with E-state index >= 15 is 0 Å². The molecule has 3 heterocycles. The first-order valence-electron chi connectivity index (χ1n) is 13.2. The maximum atomic E-state index is 13.8. The van der Waals surface area contributed by atoms with Crippen LogP contribution in [-0.4, -0.2) is 60.0 Å². The monoisotopic (exact) mass is 631 g/mol. The Labute approximate surface area is 251 Å². The lowest BCUT2D eigenvalue weighted by Gasteiger charge is -2.39. The Morgan fingerprint density at radius 2 is 1.65 bits per heavy atom. The van der Waals surface area contributed by atoms with Crippen molar-refractivity contribution in [3.63, 3.8) is 0 Å². The van der Waals surface area contributed by atoms with Gasteiger partial charge in [0.05, 0.1) is 45.6 Å². The van der Waals surface area contributed by atoms with E-state index in [-0.39, 0.29) is 34.3 Å². The summed E-state index contributed by atoms with van der Waals surface area (Å²) in [6, 6.07) is 6.21. The molecule has 1 fully saturated rings. The molecule has 6 rings (SSSR count). The fourth-order valence-corrected chi connectivity index (χ4v) is 8.80. The maximum absolute atomic E-state index is 13.8. The van der Waals surface area contributed by atoms with Gasteiger partial charge in [-0.2, -0.15) is 0 Å². The molecule has 0 bridgehead atoms. The number of carbonyl (C=O) groups excluding carboxylic acids is 2. The lowest BCUT2D eigenvalue weighted by atomic mass is 9.65. The quantitative estimate of drug-likeness (QED) is 0.352. The lowest BCUT2D eigenvalue weighted by molar-refractivity contribution is -0.141. The number of hydrogen-bond donors (Lipinski definition) is 2. The van der Waals surface area contributed by atoms with Gasteiger partial charge in [-0.1, -0.05) is 11.3 Å². The van der Waals surface area contributed by atoms with E-state index < -0.39 is 39.8 Å². The molecule has 13 nitrogen and oxygen atoms in total. The Morgan fingerprint density at radius 3 is 2.26 bits per heavy atom. The van der Waals surface area contributed by atoms with Crippen molar-refractivity contribution in [3.05, 3.63) is 46.6 Å². The zero-order valence-corrected chi connectivity index (χ0v) is 25.5. The molecule has 43 heavy (non-hydrogen) atoms. The van der Waals surface area contributed by atoms with Crippen LogP contribution < -0.4 is 33.7 Å². The largest absolute Gasteiger partial charge is 0.493 e. The summed E-state index contributed by atoms with van der Waals surface area (Å²) >= 11 is 0.844. The third kappa shape index (κ3) is 4.90. The molecular formula is C28H29N3O10S2. The zero-order chi connectivity index (χ0) is 30.6. The molecule has 4 atom stereocenters. The molecule has 3 aliphatic rings. The summed E-state index contributed by atoms with van der Waals surface area (Å²) in [7, 11) is 0.338. The molecular weight excluding hydrogens is 602 g/mol. The van der Waals surface area contributed by atoms with Gasteiger partial charge in [0, 0.05) is 18.8 Å². The molecule has 3 aromatic rings. The van der Waals surface area contributed by atoms with Crippen LogP contribution in [-0.2, 0) is 24.3 Å². The molecule has 1 aromatic heterocycles. The second-order valence-corrected chi connectivity index (χ2v) is 13.2. The van der Waals surface area contributed by atoms with E-state index in [4.69, 9.17) is 28.4 Å².